The van der Waals surface area contributed by atoms with E-state index >= 15 is 0 Å². The maximum atomic E-state index is 10.8. The summed E-state index contributed by atoms with van der Waals surface area (Å²) in [7, 11) is 0. The van der Waals surface area contributed by atoms with Crippen molar-refractivity contribution in [3.05, 3.63) is 34.9 Å². The first-order valence-electron chi connectivity index (χ1n) is 8.23. The van der Waals surface area contributed by atoms with Crippen LogP contribution < -0.4 is 0 Å². The van der Waals surface area contributed by atoms with Gasteiger partial charge in [0.2, 0.25) is 0 Å². The van der Waals surface area contributed by atoms with Crippen molar-refractivity contribution in [1.29, 1.82) is 0 Å². The van der Waals surface area contributed by atoms with E-state index in [1.54, 1.807) is 0 Å². The molecule has 1 aromatic carbocycles. The van der Waals surface area contributed by atoms with Crippen LogP contribution in [-0.4, -0.2) is 15.8 Å². The van der Waals surface area contributed by atoms with E-state index in [9.17, 15) is 10.2 Å². The van der Waals surface area contributed by atoms with E-state index in [2.05, 4.69) is 25.1 Å². The van der Waals surface area contributed by atoms with Gasteiger partial charge in [0, 0.05) is 0 Å². The number of rotatable bonds is 1. The van der Waals surface area contributed by atoms with Crippen molar-refractivity contribution in [2.45, 2.75) is 76.4 Å². The number of aliphatic hydroxyl groups is 2. The predicted molar refractivity (Wildman–Crippen MR) is 85.3 cm³/mol. The molecule has 21 heavy (non-hydrogen) atoms. The molecule has 2 heteroatoms. The number of fused-ring (bicyclic) bond motifs is 3. The molecule has 0 heterocycles. The minimum atomic E-state index is -0.787. The van der Waals surface area contributed by atoms with Crippen LogP contribution in [0.15, 0.2) is 18.2 Å². The largest absolute Gasteiger partial charge is 0.390 e. The lowest BCUT2D eigenvalue weighted by Gasteiger charge is -2.53. The minimum Gasteiger partial charge on any atom is -0.390 e. The fourth-order valence-corrected chi connectivity index (χ4v) is 4.84. The van der Waals surface area contributed by atoms with Gasteiger partial charge in [-0.25, -0.2) is 0 Å². The molecule has 0 spiro atoms. The molecule has 0 amide bonds. The minimum absolute atomic E-state index is 0.0768. The molecule has 0 bridgehead atoms. The highest BCUT2D eigenvalue weighted by molar-refractivity contribution is 5.42. The summed E-state index contributed by atoms with van der Waals surface area (Å²) in [6.45, 7) is 8.03. The number of hydrogen-bond acceptors (Lipinski definition) is 2. The summed E-state index contributed by atoms with van der Waals surface area (Å²) < 4.78 is 0. The van der Waals surface area contributed by atoms with Gasteiger partial charge in [0.05, 0.1) is 11.2 Å². The van der Waals surface area contributed by atoms with Crippen LogP contribution in [-0.2, 0) is 17.4 Å². The van der Waals surface area contributed by atoms with Crippen molar-refractivity contribution in [1.82, 2.24) is 0 Å². The average molecular weight is 288 g/mol. The van der Waals surface area contributed by atoms with Crippen LogP contribution in [0, 0.1) is 5.92 Å². The van der Waals surface area contributed by atoms with Crippen molar-refractivity contribution in [2.24, 2.45) is 5.92 Å². The van der Waals surface area contributed by atoms with Crippen LogP contribution in [0.4, 0.5) is 0 Å². The second kappa shape index (κ2) is 4.57. The van der Waals surface area contributed by atoms with E-state index in [1.165, 1.54) is 11.1 Å². The first kappa shape index (κ1) is 15.1. The van der Waals surface area contributed by atoms with Crippen molar-refractivity contribution in [3.63, 3.8) is 0 Å². The van der Waals surface area contributed by atoms with E-state index < -0.39 is 11.2 Å². The summed E-state index contributed by atoms with van der Waals surface area (Å²) in [6.07, 6.45) is 5.22. The van der Waals surface area contributed by atoms with E-state index in [-0.39, 0.29) is 5.41 Å². The Kier molecular flexibility index (Phi) is 3.27. The Bertz CT molecular complexity index is 553. The maximum Gasteiger partial charge on any atom is 0.0840 e. The van der Waals surface area contributed by atoms with E-state index in [0.29, 0.717) is 5.92 Å². The first-order chi connectivity index (χ1) is 9.64. The van der Waals surface area contributed by atoms with Gasteiger partial charge in [0.1, 0.15) is 0 Å². The SMILES string of the molecule is CC(C)(O)c1ccc2c(c1)CCC1[C@](C)(O)CCC[C@]21C. The lowest BCUT2D eigenvalue weighted by molar-refractivity contribution is -0.0749. The first-order valence-corrected chi connectivity index (χ1v) is 8.23. The second-order valence-corrected chi connectivity index (χ2v) is 8.15. The monoisotopic (exact) mass is 288 g/mol. The summed E-state index contributed by atoms with van der Waals surface area (Å²) in [5.74, 6) is 0.347. The third kappa shape index (κ3) is 2.33. The molecule has 2 aliphatic rings. The summed E-state index contributed by atoms with van der Waals surface area (Å²) in [6, 6.07) is 6.45. The van der Waals surface area contributed by atoms with Gasteiger partial charge in [-0.15, -0.1) is 0 Å². The zero-order valence-corrected chi connectivity index (χ0v) is 13.7. The van der Waals surface area contributed by atoms with Gasteiger partial charge in [0.25, 0.3) is 0 Å². The molecule has 3 atom stereocenters. The van der Waals surface area contributed by atoms with E-state index in [0.717, 1.165) is 37.7 Å². The van der Waals surface area contributed by atoms with Gasteiger partial charge in [-0.05, 0) is 80.9 Å². The van der Waals surface area contributed by atoms with E-state index in [1.807, 2.05) is 20.8 Å². The lowest BCUT2D eigenvalue weighted by atomic mass is 9.53. The highest BCUT2D eigenvalue weighted by Crippen LogP contribution is 2.53. The third-order valence-corrected chi connectivity index (χ3v) is 6.03. The maximum absolute atomic E-state index is 10.8. The fourth-order valence-electron chi connectivity index (χ4n) is 4.84. The average Bonchev–Trinajstić information content (AvgIpc) is 2.36. The van der Waals surface area contributed by atoms with Crippen molar-refractivity contribution in [3.8, 4) is 0 Å². The topological polar surface area (TPSA) is 40.5 Å². The summed E-state index contributed by atoms with van der Waals surface area (Å²) in [5.41, 5.74) is 2.50. The van der Waals surface area contributed by atoms with Gasteiger partial charge in [-0.1, -0.05) is 25.1 Å². The van der Waals surface area contributed by atoms with Crippen molar-refractivity contribution in [2.75, 3.05) is 0 Å². The quantitative estimate of drug-likeness (QED) is 0.828. The van der Waals surface area contributed by atoms with Crippen molar-refractivity contribution < 1.29 is 10.2 Å². The van der Waals surface area contributed by atoms with Crippen molar-refractivity contribution >= 4 is 0 Å². The molecule has 1 aromatic rings. The van der Waals surface area contributed by atoms with Crippen LogP contribution in [0.3, 0.4) is 0 Å². The predicted octanol–water partition coefficient (Wildman–Crippen LogP) is 3.67. The molecule has 0 aliphatic heterocycles. The highest BCUT2D eigenvalue weighted by Gasteiger charge is 2.51. The Morgan fingerprint density at radius 2 is 1.90 bits per heavy atom. The molecule has 2 nitrogen and oxygen atoms in total. The molecule has 1 unspecified atom stereocenters. The molecule has 116 valence electrons. The normalized spacial score (nSPS) is 36.0. The smallest absolute Gasteiger partial charge is 0.0840 e. The Morgan fingerprint density at radius 1 is 1.19 bits per heavy atom. The van der Waals surface area contributed by atoms with E-state index in [4.69, 9.17) is 0 Å². The molecule has 0 saturated heterocycles. The Balaban J connectivity index is 2.07. The molecule has 1 saturated carbocycles. The van der Waals surface area contributed by atoms with Crippen LogP contribution in [0.1, 0.15) is 70.1 Å². The van der Waals surface area contributed by atoms with Gasteiger partial charge in [-0.3, -0.25) is 0 Å². The number of hydrogen-bond donors (Lipinski definition) is 2. The molecule has 0 aromatic heterocycles. The summed E-state index contributed by atoms with van der Waals surface area (Å²) >= 11 is 0. The molecule has 1 fully saturated rings. The summed E-state index contributed by atoms with van der Waals surface area (Å²) in [5, 5.41) is 21.0. The summed E-state index contributed by atoms with van der Waals surface area (Å²) in [4.78, 5) is 0. The van der Waals surface area contributed by atoms with Crippen LogP contribution in [0.5, 0.6) is 0 Å². The molecule has 2 aliphatic carbocycles. The zero-order valence-electron chi connectivity index (χ0n) is 13.7. The van der Waals surface area contributed by atoms with Gasteiger partial charge in [-0.2, -0.15) is 0 Å². The zero-order chi connectivity index (χ0) is 15.5. The Labute approximate surface area is 128 Å². The lowest BCUT2D eigenvalue weighted by Crippen LogP contribution is -2.52. The van der Waals surface area contributed by atoms with Gasteiger partial charge >= 0.3 is 0 Å². The molecule has 3 rings (SSSR count). The van der Waals surface area contributed by atoms with Crippen LogP contribution in [0.2, 0.25) is 0 Å². The molecule has 0 radical (unpaired) electrons. The number of benzene rings is 1. The Morgan fingerprint density at radius 3 is 2.57 bits per heavy atom. The molecular formula is C19H28O2. The number of aryl methyl sites for hydroxylation is 1. The standard InChI is InChI=1S/C19H28O2/c1-17(2,20)14-7-8-15-13(12-14)6-9-16-18(15,3)10-5-11-19(16,4)21/h7-8,12,16,20-21H,5-6,9-11H2,1-4H3/t16?,18-,19-/m1/s1. The van der Waals surface area contributed by atoms with Crippen LogP contribution >= 0.6 is 0 Å². The Hall–Kier alpha value is -0.860. The highest BCUT2D eigenvalue weighted by atomic mass is 16.3. The van der Waals surface area contributed by atoms with Crippen LogP contribution in [0.25, 0.3) is 0 Å². The fraction of sp³-hybridized carbons (Fsp3) is 0.684. The molecule has 2 N–H and O–H groups in total. The third-order valence-electron chi connectivity index (χ3n) is 6.03. The van der Waals surface area contributed by atoms with Gasteiger partial charge in [0.15, 0.2) is 0 Å². The second-order valence-electron chi connectivity index (χ2n) is 8.15. The van der Waals surface area contributed by atoms with Gasteiger partial charge < -0.3 is 10.2 Å². The molecular weight excluding hydrogens is 260 g/mol.